The lowest BCUT2D eigenvalue weighted by atomic mass is 10.1. The molecule has 1 aromatic rings. The van der Waals surface area contributed by atoms with Crippen LogP contribution < -0.4 is 5.84 Å². The van der Waals surface area contributed by atoms with Crippen LogP contribution in [0.2, 0.25) is 0 Å². The molecule has 1 rings (SSSR count). The van der Waals surface area contributed by atoms with Gasteiger partial charge in [-0.2, -0.15) is 5.10 Å². The van der Waals surface area contributed by atoms with Gasteiger partial charge in [-0.15, -0.1) is 0 Å². The Hall–Kier alpha value is -1.35. The summed E-state index contributed by atoms with van der Waals surface area (Å²) in [6, 6.07) is 7.84. The number of benzene rings is 1. The van der Waals surface area contributed by atoms with Crippen LogP contribution >= 0.6 is 0 Å². The number of nitrogens with two attached hydrogens (primary N) is 1. The molecule has 0 fully saturated rings. The largest absolute Gasteiger partial charge is 0.380 e. The lowest BCUT2D eigenvalue weighted by Crippen LogP contribution is -1.95. The molecule has 0 heterocycles. The molecule has 3 heteroatoms. The summed E-state index contributed by atoms with van der Waals surface area (Å²) in [5.74, 6) is 5.05. The minimum absolute atomic E-state index is 0.586. The molecule has 0 saturated carbocycles. The van der Waals surface area contributed by atoms with Gasteiger partial charge in [0, 0.05) is 7.11 Å². The van der Waals surface area contributed by atoms with Gasteiger partial charge in [-0.05, 0) is 11.1 Å². The molecule has 0 aromatic heterocycles. The van der Waals surface area contributed by atoms with Crippen LogP contribution in [0.5, 0.6) is 0 Å². The number of hydrogen-bond acceptors (Lipinski definition) is 3. The Balaban J connectivity index is 2.91. The molecule has 2 N–H and O–H groups in total. The number of hydrogen-bond donors (Lipinski definition) is 1. The van der Waals surface area contributed by atoms with E-state index < -0.39 is 0 Å². The van der Waals surface area contributed by atoms with Crippen LogP contribution in [0, 0.1) is 0 Å². The first-order valence-corrected chi connectivity index (χ1v) is 3.68. The normalized spacial score (nSPS) is 10.8. The molecule has 1 aromatic carbocycles. The van der Waals surface area contributed by atoms with Crippen molar-refractivity contribution in [2.75, 3.05) is 7.11 Å². The van der Waals surface area contributed by atoms with Gasteiger partial charge in [-0.3, -0.25) is 0 Å². The predicted molar refractivity (Wildman–Crippen MR) is 48.9 cm³/mol. The van der Waals surface area contributed by atoms with Crippen molar-refractivity contribution in [1.82, 2.24) is 0 Å². The maximum absolute atomic E-state index is 5.05. The van der Waals surface area contributed by atoms with Crippen LogP contribution in [0.4, 0.5) is 0 Å². The smallest absolute Gasteiger partial charge is 0.0719 e. The summed E-state index contributed by atoms with van der Waals surface area (Å²) in [4.78, 5) is 0. The van der Waals surface area contributed by atoms with E-state index in [1.54, 1.807) is 13.3 Å². The third-order valence-corrected chi connectivity index (χ3v) is 1.57. The zero-order valence-corrected chi connectivity index (χ0v) is 7.03. The summed E-state index contributed by atoms with van der Waals surface area (Å²) in [5.41, 5.74) is 2.09. The molecule has 0 aliphatic heterocycles. The number of hydrazone groups is 1. The summed E-state index contributed by atoms with van der Waals surface area (Å²) in [5, 5.41) is 3.47. The van der Waals surface area contributed by atoms with E-state index in [4.69, 9.17) is 10.6 Å². The number of nitrogens with zero attached hydrogens (tertiary/aromatic N) is 1. The second-order valence-corrected chi connectivity index (χ2v) is 2.41. The van der Waals surface area contributed by atoms with Gasteiger partial charge in [-0.1, -0.05) is 24.3 Å². The minimum atomic E-state index is 0.586. The van der Waals surface area contributed by atoms with Crippen LogP contribution in [-0.4, -0.2) is 13.3 Å². The third-order valence-electron chi connectivity index (χ3n) is 1.57. The summed E-state index contributed by atoms with van der Waals surface area (Å²) in [7, 11) is 1.66. The van der Waals surface area contributed by atoms with Crippen molar-refractivity contribution in [3.05, 3.63) is 35.4 Å². The van der Waals surface area contributed by atoms with E-state index >= 15 is 0 Å². The Morgan fingerprint density at radius 1 is 1.50 bits per heavy atom. The molecule has 0 aliphatic carbocycles. The summed E-state index contributed by atoms with van der Waals surface area (Å²) < 4.78 is 5.01. The molecule has 0 bridgehead atoms. The first-order chi connectivity index (χ1) is 5.88. The monoisotopic (exact) mass is 164 g/mol. The van der Waals surface area contributed by atoms with E-state index in [0.717, 1.165) is 11.1 Å². The van der Waals surface area contributed by atoms with E-state index in [2.05, 4.69) is 5.10 Å². The zero-order valence-electron chi connectivity index (χ0n) is 7.03. The molecule has 0 radical (unpaired) electrons. The van der Waals surface area contributed by atoms with Crippen molar-refractivity contribution in [1.29, 1.82) is 0 Å². The predicted octanol–water partition coefficient (Wildman–Crippen LogP) is 1.13. The third kappa shape index (κ3) is 2.07. The lowest BCUT2D eigenvalue weighted by molar-refractivity contribution is 0.185. The van der Waals surface area contributed by atoms with Crippen molar-refractivity contribution in [2.24, 2.45) is 10.9 Å². The van der Waals surface area contributed by atoms with Gasteiger partial charge in [0.05, 0.1) is 12.8 Å². The van der Waals surface area contributed by atoms with Gasteiger partial charge in [0.15, 0.2) is 0 Å². The Labute approximate surface area is 71.8 Å². The van der Waals surface area contributed by atoms with Gasteiger partial charge in [0.1, 0.15) is 0 Å². The Morgan fingerprint density at radius 3 is 2.92 bits per heavy atom. The number of rotatable bonds is 3. The van der Waals surface area contributed by atoms with Crippen LogP contribution in [0.15, 0.2) is 29.4 Å². The minimum Gasteiger partial charge on any atom is -0.380 e. The molecular weight excluding hydrogens is 152 g/mol. The zero-order chi connectivity index (χ0) is 8.81. The fourth-order valence-electron chi connectivity index (χ4n) is 1.03. The van der Waals surface area contributed by atoms with Crippen LogP contribution in [0.1, 0.15) is 11.1 Å². The highest BCUT2D eigenvalue weighted by Gasteiger charge is 1.96. The van der Waals surface area contributed by atoms with Gasteiger partial charge >= 0.3 is 0 Å². The van der Waals surface area contributed by atoms with Gasteiger partial charge < -0.3 is 10.6 Å². The van der Waals surface area contributed by atoms with Crippen molar-refractivity contribution in [2.45, 2.75) is 6.61 Å². The maximum atomic E-state index is 5.05. The second-order valence-electron chi connectivity index (χ2n) is 2.41. The van der Waals surface area contributed by atoms with Gasteiger partial charge in [-0.25, -0.2) is 0 Å². The number of ether oxygens (including phenoxy) is 1. The Bertz CT molecular complexity index is 271. The standard InChI is InChI=1S/C9H12N2O/c1-12-7-9-5-3-2-4-8(9)6-11-10/h2-6H,7,10H2,1H3/b11-6+. The topological polar surface area (TPSA) is 47.6 Å². The molecule has 0 unspecified atom stereocenters. The van der Waals surface area contributed by atoms with E-state index in [9.17, 15) is 0 Å². The highest BCUT2D eigenvalue weighted by molar-refractivity contribution is 5.81. The molecular formula is C9H12N2O. The molecule has 0 saturated heterocycles. The van der Waals surface area contributed by atoms with Crippen LogP contribution in [0.25, 0.3) is 0 Å². The average Bonchev–Trinajstić information content (AvgIpc) is 2.09. The van der Waals surface area contributed by atoms with Crippen molar-refractivity contribution in [3.63, 3.8) is 0 Å². The molecule has 12 heavy (non-hydrogen) atoms. The van der Waals surface area contributed by atoms with Crippen molar-refractivity contribution in [3.8, 4) is 0 Å². The SMILES string of the molecule is COCc1ccccc1/C=N/N. The Kier molecular flexibility index (Phi) is 3.29. The van der Waals surface area contributed by atoms with Crippen molar-refractivity contribution < 1.29 is 4.74 Å². The molecule has 0 atom stereocenters. The van der Waals surface area contributed by atoms with Crippen molar-refractivity contribution >= 4 is 6.21 Å². The summed E-state index contributed by atoms with van der Waals surface area (Å²) >= 11 is 0. The van der Waals surface area contributed by atoms with E-state index in [-0.39, 0.29) is 0 Å². The summed E-state index contributed by atoms with van der Waals surface area (Å²) in [6.45, 7) is 0.586. The van der Waals surface area contributed by atoms with E-state index in [1.807, 2.05) is 24.3 Å². The fourth-order valence-corrected chi connectivity index (χ4v) is 1.03. The van der Waals surface area contributed by atoms with E-state index in [1.165, 1.54) is 0 Å². The lowest BCUT2D eigenvalue weighted by Gasteiger charge is -2.02. The first kappa shape index (κ1) is 8.74. The quantitative estimate of drug-likeness (QED) is 0.413. The maximum Gasteiger partial charge on any atom is 0.0719 e. The number of methoxy groups -OCH3 is 1. The molecule has 0 aliphatic rings. The molecule has 0 spiro atoms. The highest BCUT2D eigenvalue weighted by Crippen LogP contribution is 2.06. The summed E-state index contributed by atoms with van der Waals surface area (Å²) in [6.07, 6.45) is 1.62. The molecule has 0 amide bonds. The molecule has 64 valence electrons. The first-order valence-electron chi connectivity index (χ1n) is 3.68. The van der Waals surface area contributed by atoms with Gasteiger partial charge in [0.2, 0.25) is 0 Å². The van der Waals surface area contributed by atoms with Crippen LogP contribution in [-0.2, 0) is 11.3 Å². The van der Waals surface area contributed by atoms with Gasteiger partial charge in [0.25, 0.3) is 0 Å². The fraction of sp³-hybridized carbons (Fsp3) is 0.222. The van der Waals surface area contributed by atoms with E-state index in [0.29, 0.717) is 6.61 Å². The van der Waals surface area contributed by atoms with Crippen LogP contribution in [0.3, 0.4) is 0 Å². The Morgan fingerprint density at radius 2 is 2.25 bits per heavy atom. The molecule has 3 nitrogen and oxygen atoms in total. The highest BCUT2D eigenvalue weighted by atomic mass is 16.5. The second kappa shape index (κ2) is 4.51. The average molecular weight is 164 g/mol.